The number of likely N-dealkylation sites (tertiary alicyclic amines) is 1. The Morgan fingerprint density at radius 1 is 1.06 bits per heavy atom. The van der Waals surface area contributed by atoms with Crippen LogP contribution in [0.25, 0.3) is 0 Å². The summed E-state index contributed by atoms with van der Waals surface area (Å²) in [7, 11) is 0. The predicted octanol–water partition coefficient (Wildman–Crippen LogP) is -2.75. The van der Waals surface area contributed by atoms with Gasteiger partial charge in [-0.15, -0.1) is 0 Å². The van der Waals surface area contributed by atoms with E-state index < -0.39 is 66.1 Å². The zero-order chi connectivity index (χ0) is 25.1. The zero-order valence-electron chi connectivity index (χ0n) is 18.5. The van der Waals surface area contributed by atoms with Crippen molar-refractivity contribution < 1.29 is 33.9 Å². The lowest BCUT2D eigenvalue weighted by molar-refractivity contribution is -0.145. The average Bonchev–Trinajstić information content (AvgIpc) is 3.23. The highest BCUT2D eigenvalue weighted by Crippen LogP contribution is 2.20. The predicted molar refractivity (Wildman–Crippen MR) is 119 cm³/mol. The molecule has 0 aromatic heterocycles. The number of carboxylic acid groups (broad SMARTS) is 1. The summed E-state index contributed by atoms with van der Waals surface area (Å²) in [6.07, 6.45) is 2.07. The first-order chi connectivity index (χ1) is 15.5. The second kappa shape index (κ2) is 13.6. The summed E-state index contributed by atoms with van der Waals surface area (Å²) in [6.45, 7) is 0.179. The van der Waals surface area contributed by atoms with E-state index in [4.69, 9.17) is 17.2 Å². The molecule has 14 heteroatoms. The van der Waals surface area contributed by atoms with E-state index in [9.17, 15) is 33.9 Å². The number of nitrogens with two attached hydrogens (primary N) is 3. The summed E-state index contributed by atoms with van der Waals surface area (Å²) in [4.78, 5) is 73.2. The quantitative estimate of drug-likeness (QED) is 0.149. The number of carbonyl (C=O) groups excluding carboxylic acids is 5. The van der Waals surface area contributed by atoms with E-state index in [1.165, 1.54) is 16.7 Å². The number of rotatable bonds is 14. The SMILES string of the molecule is CSCC[C@H](NC(=O)[C@@H]1CCCN1C(=O)[C@H](CC(N)=O)NC(=O)[C@@H](N)CCC(N)=O)C(=O)O. The third-order valence-electron chi connectivity index (χ3n) is 5.12. The van der Waals surface area contributed by atoms with Gasteiger partial charge < -0.3 is 37.8 Å². The highest BCUT2D eigenvalue weighted by molar-refractivity contribution is 7.98. The third-order valence-corrected chi connectivity index (χ3v) is 5.77. The van der Waals surface area contributed by atoms with E-state index >= 15 is 0 Å². The van der Waals surface area contributed by atoms with Crippen LogP contribution in [0.5, 0.6) is 0 Å². The maximum atomic E-state index is 13.1. The summed E-state index contributed by atoms with van der Waals surface area (Å²) in [6, 6.07) is -4.57. The molecule has 0 bridgehead atoms. The third kappa shape index (κ3) is 9.26. The fourth-order valence-electron chi connectivity index (χ4n) is 3.37. The molecule has 1 aliphatic rings. The van der Waals surface area contributed by atoms with E-state index in [2.05, 4.69) is 10.6 Å². The Morgan fingerprint density at radius 2 is 1.73 bits per heavy atom. The number of amides is 5. The first-order valence-electron chi connectivity index (χ1n) is 10.4. The average molecular weight is 489 g/mol. The molecule has 1 heterocycles. The number of carboxylic acids is 1. The molecule has 5 amide bonds. The molecule has 1 aliphatic heterocycles. The van der Waals surface area contributed by atoms with Crippen molar-refractivity contribution in [3.8, 4) is 0 Å². The van der Waals surface area contributed by atoms with Gasteiger partial charge in [0.25, 0.3) is 0 Å². The van der Waals surface area contributed by atoms with Crippen molar-refractivity contribution in [1.82, 2.24) is 15.5 Å². The molecule has 186 valence electrons. The minimum atomic E-state index is -1.37. The Hall–Kier alpha value is -2.87. The van der Waals surface area contributed by atoms with E-state index in [-0.39, 0.29) is 25.8 Å². The highest BCUT2D eigenvalue weighted by Gasteiger charge is 2.39. The first kappa shape index (κ1) is 28.2. The molecule has 1 saturated heterocycles. The number of primary amides is 2. The van der Waals surface area contributed by atoms with Gasteiger partial charge in [-0.2, -0.15) is 11.8 Å². The minimum Gasteiger partial charge on any atom is -0.480 e. The Balaban J connectivity index is 2.91. The van der Waals surface area contributed by atoms with Gasteiger partial charge in [-0.1, -0.05) is 0 Å². The van der Waals surface area contributed by atoms with Gasteiger partial charge in [-0.25, -0.2) is 4.79 Å². The molecule has 0 radical (unpaired) electrons. The Morgan fingerprint density at radius 3 is 2.27 bits per heavy atom. The maximum Gasteiger partial charge on any atom is 0.326 e. The number of thioether (sulfide) groups is 1. The molecule has 33 heavy (non-hydrogen) atoms. The molecule has 0 aliphatic carbocycles. The van der Waals surface area contributed by atoms with Crippen LogP contribution < -0.4 is 27.8 Å². The van der Waals surface area contributed by atoms with Crippen molar-refractivity contribution in [3.05, 3.63) is 0 Å². The second-order valence-corrected chi connectivity index (χ2v) is 8.70. The topological polar surface area (TPSA) is 228 Å². The van der Waals surface area contributed by atoms with Crippen LogP contribution in [-0.4, -0.2) is 88.2 Å². The van der Waals surface area contributed by atoms with Crippen LogP contribution >= 0.6 is 11.8 Å². The van der Waals surface area contributed by atoms with Gasteiger partial charge in [0.05, 0.1) is 12.5 Å². The van der Waals surface area contributed by atoms with Crippen molar-refractivity contribution in [1.29, 1.82) is 0 Å². The molecule has 13 nitrogen and oxygen atoms in total. The largest absolute Gasteiger partial charge is 0.480 e. The van der Waals surface area contributed by atoms with Crippen LogP contribution in [0.15, 0.2) is 0 Å². The lowest BCUT2D eigenvalue weighted by Gasteiger charge is -2.29. The lowest BCUT2D eigenvalue weighted by atomic mass is 10.1. The van der Waals surface area contributed by atoms with Crippen LogP contribution in [-0.2, 0) is 28.8 Å². The van der Waals surface area contributed by atoms with E-state index in [0.717, 1.165) is 0 Å². The van der Waals surface area contributed by atoms with Gasteiger partial charge in [-0.05, 0) is 37.7 Å². The summed E-state index contributed by atoms with van der Waals surface area (Å²) in [5.41, 5.74) is 16.0. The van der Waals surface area contributed by atoms with Gasteiger partial charge in [0, 0.05) is 13.0 Å². The molecule has 0 aromatic rings. The molecule has 1 fully saturated rings. The van der Waals surface area contributed by atoms with Gasteiger partial charge in [0.1, 0.15) is 18.1 Å². The molecule has 9 N–H and O–H groups in total. The fourth-order valence-corrected chi connectivity index (χ4v) is 3.84. The minimum absolute atomic E-state index is 0.0555. The zero-order valence-corrected chi connectivity index (χ0v) is 19.3. The number of carbonyl (C=O) groups is 6. The summed E-state index contributed by atoms with van der Waals surface area (Å²) < 4.78 is 0. The van der Waals surface area contributed by atoms with Gasteiger partial charge in [0.2, 0.25) is 29.5 Å². The highest BCUT2D eigenvalue weighted by atomic mass is 32.2. The van der Waals surface area contributed by atoms with Crippen LogP contribution in [0.4, 0.5) is 0 Å². The molecule has 1 rings (SSSR count). The van der Waals surface area contributed by atoms with Crippen molar-refractivity contribution in [2.24, 2.45) is 17.2 Å². The van der Waals surface area contributed by atoms with Crippen molar-refractivity contribution in [2.75, 3.05) is 18.6 Å². The van der Waals surface area contributed by atoms with Crippen molar-refractivity contribution in [3.63, 3.8) is 0 Å². The van der Waals surface area contributed by atoms with E-state index in [1.807, 2.05) is 6.26 Å². The Labute approximate surface area is 195 Å². The fraction of sp³-hybridized carbons (Fsp3) is 0.684. The standard InChI is InChI=1S/C19H32N6O7S/c1-33-8-6-11(19(31)32)23-17(29)13-3-2-7-25(13)18(30)12(9-15(22)27)24-16(28)10(20)4-5-14(21)26/h10-13H,2-9,20H2,1H3,(H2,21,26)(H2,22,27)(H,23,29)(H,24,28)(H,31,32)/t10-,11-,12-,13-/m0/s1. The van der Waals surface area contributed by atoms with Gasteiger partial charge >= 0.3 is 5.97 Å². The number of hydrogen-bond donors (Lipinski definition) is 6. The molecule has 0 saturated carbocycles. The summed E-state index contributed by atoms with van der Waals surface area (Å²) >= 11 is 1.44. The molecular formula is C19H32N6O7S. The number of nitrogens with one attached hydrogen (secondary N) is 2. The van der Waals surface area contributed by atoms with Crippen LogP contribution in [0, 0.1) is 0 Å². The molecule has 4 atom stereocenters. The smallest absolute Gasteiger partial charge is 0.326 e. The molecular weight excluding hydrogens is 456 g/mol. The number of nitrogens with zero attached hydrogens (tertiary/aromatic N) is 1. The van der Waals surface area contributed by atoms with E-state index in [1.54, 1.807) is 0 Å². The van der Waals surface area contributed by atoms with Crippen molar-refractivity contribution in [2.45, 2.75) is 62.7 Å². The van der Waals surface area contributed by atoms with Crippen LogP contribution in [0.2, 0.25) is 0 Å². The molecule has 0 spiro atoms. The second-order valence-electron chi connectivity index (χ2n) is 7.71. The normalized spacial score (nSPS) is 18.1. The molecule has 0 aromatic carbocycles. The van der Waals surface area contributed by atoms with E-state index in [0.29, 0.717) is 18.6 Å². The van der Waals surface area contributed by atoms with Gasteiger partial charge in [-0.3, -0.25) is 24.0 Å². The Kier molecular flexibility index (Phi) is 11.6. The lowest BCUT2D eigenvalue weighted by Crippen LogP contribution is -2.57. The number of hydrogen-bond acceptors (Lipinski definition) is 8. The van der Waals surface area contributed by atoms with Crippen molar-refractivity contribution >= 4 is 47.3 Å². The number of aliphatic carboxylic acids is 1. The van der Waals surface area contributed by atoms with Crippen LogP contribution in [0.3, 0.4) is 0 Å². The first-order valence-corrected chi connectivity index (χ1v) is 11.8. The molecule has 0 unspecified atom stereocenters. The maximum absolute atomic E-state index is 13.1. The van der Waals surface area contributed by atoms with Gasteiger partial charge in [0.15, 0.2) is 0 Å². The summed E-state index contributed by atoms with van der Waals surface area (Å²) in [5, 5.41) is 14.2. The monoisotopic (exact) mass is 488 g/mol. The Bertz CT molecular complexity index is 765. The summed E-state index contributed by atoms with van der Waals surface area (Å²) in [5.74, 6) is -4.29. The van der Waals surface area contributed by atoms with Crippen LogP contribution in [0.1, 0.15) is 38.5 Å².